The van der Waals surface area contributed by atoms with Crippen molar-refractivity contribution >= 4 is 75.5 Å². The second-order valence-electron chi connectivity index (χ2n) is 12.1. The zero-order valence-corrected chi connectivity index (χ0v) is 27.0. The molecule has 7 rings (SSSR count). The van der Waals surface area contributed by atoms with Crippen molar-refractivity contribution in [3.8, 4) is 11.5 Å². The van der Waals surface area contributed by atoms with Gasteiger partial charge >= 0.3 is 0 Å². The maximum absolute atomic E-state index is 14.5. The van der Waals surface area contributed by atoms with E-state index in [9.17, 15) is 38.8 Å². The minimum atomic E-state index is -2.23. The maximum Gasteiger partial charge on any atom is 0.271 e. The van der Waals surface area contributed by atoms with Gasteiger partial charge in [-0.2, -0.15) is 0 Å². The van der Waals surface area contributed by atoms with E-state index in [1.807, 2.05) is 0 Å². The summed E-state index contributed by atoms with van der Waals surface area (Å²) in [6.45, 7) is 0. The Kier molecular flexibility index (Phi) is 7.35. The number of benzene rings is 3. The lowest BCUT2D eigenvalue weighted by molar-refractivity contribution is -0.384. The van der Waals surface area contributed by atoms with Crippen LogP contribution >= 0.6 is 34.8 Å². The Bertz CT molecular complexity index is 2010. The lowest BCUT2D eigenvalue weighted by Gasteiger charge is -2.50. The Morgan fingerprint density at radius 3 is 2.33 bits per heavy atom. The number of ether oxygens (including phenoxy) is 1. The van der Waals surface area contributed by atoms with Crippen molar-refractivity contribution in [2.45, 2.75) is 28.5 Å². The quantitative estimate of drug-likeness (QED) is 0.114. The average Bonchev–Trinajstić information content (AvgIpc) is 3.40. The van der Waals surface area contributed by atoms with Crippen molar-refractivity contribution in [2.24, 2.45) is 17.8 Å². The number of non-ortho nitro benzene ring substituents is 1. The number of amides is 4. The van der Waals surface area contributed by atoms with Crippen LogP contribution in [0, 0.1) is 33.7 Å². The van der Waals surface area contributed by atoms with E-state index >= 15 is 0 Å². The smallest absolute Gasteiger partial charge is 0.271 e. The van der Waals surface area contributed by atoms with Crippen LogP contribution in [-0.2, 0) is 19.2 Å². The van der Waals surface area contributed by atoms with Crippen molar-refractivity contribution in [3.05, 3.63) is 98.8 Å². The van der Waals surface area contributed by atoms with Crippen molar-refractivity contribution in [3.63, 3.8) is 0 Å². The van der Waals surface area contributed by atoms with E-state index in [0.29, 0.717) is 5.57 Å². The van der Waals surface area contributed by atoms with Crippen LogP contribution in [0.5, 0.6) is 11.5 Å². The van der Waals surface area contributed by atoms with Gasteiger partial charge in [0.05, 0.1) is 40.3 Å². The number of nitro groups is 1. The van der Waals surface area contributed by atoms with Crippen molar-refractivity contribution in [1.29, 1.82) is 0 Å². The molecule has 3 aromatic rings. The third-order valence-electron chi connectivity index (χ3n) is 9.80. The van der Waals surface area contributed by atoms with Gasteiger partial charge < -0.3 is 9.84 Å². The molecule has 6 unspecified atom stereocenters. The maximum atomic E-state index is 14.5. The second-order valence-corrected chi connectivity index (χ2v) is 13.7. The fourth-order valence-electron chi connectivity index (χ4n) is 7.69. The molecule has 2 aliphatic heterocycles. The molecule has 1 saturated carbocycles. The van der Waals surface area contributed by atoms with Crippen LogP contribution in [-0.4, -0.2) is 50.5 Å². The van der Waals surface area contributed by atoms with Gasteiger partial charge in [-0.3, -0.25) is 29.3 Å². The number of phenols is 1. The fraction of sp³-hybridized carbons (Fsp3) is 0.273. The number of phenolic OH excluding ortho intramolecular Hbond substituents is 1. The molecule has 3 fully saturated rings. The number of rotatable bonds is 5. The SMILES string of the molecule is COc1cc(C2C3=CCC4C(=O)N(c5cccc([N+](=O)[O-])c5)C(=O)C4C3CC3(Cl)C(=O)N(c4ccc(F)cc4)C(=O)C23Cl)cc(Cl)c1O. The molecule has 3 aromatic carbocycles. The zero-order valence-electron chi connectivity index (χ0n) is 24.7. The number of aromatic hydroxyl groups is 1. The first-order chi connectivity index (χ1) is 22.7. The molecule has 11 nitrogen and oxygen atoms in total. The predicted molar refractivity (Wildman–Crippen MR) is 172 cm³/mol. The summed E-state index contributed by atoms with van der Waals surface area (Å²) < 4.78 is 19.2. The normalized spacial score (nSPS) is 29.4. The number of hydrogen-bond acceptors (Lipinski definition) is 8. The molecule has 246 valence electrons. The molecule has 1 N–H and O–H groups in total. The van der Waals surface area contributed by atoms with E-state index in [1.54, 1.807) is 6.08 Å². The highest BCUT2D eigenvalue weighted by Crippen LogP contribution is 2.66. The van der Waals surface area contributed by atoms with Gasteiger partial charge in [-0.1, -0.05) is 29.3 Å². The number of fused-ring (bicyclic) bond motifs is 4. The Morgan fingerprint density at radius 1 is 0.958 bits per heavy atom. The number of nitro benzene ring substituents is 1. The van der Waals surface area contributed by atoms with Crippen molar-refractivity contribution in [2.75, 3.05) is 16.9 Å². The molecular formula is C33H23Cl3FN3O8. The first-order valence-corrected chi connectivity index (χ1v) is 15.8. The van der Waals surface area contributed by atoms with Crippen LogP contribution in [0.1, 0.15) is 24.3 Å². The van der Waals surface area contributed by atoms with E-state index in [2.05, 4.69) is 0 Å². The minimum absolute atomic E-state index is 0.0134. The Labute approximate surface area is 286 Å². The number of hydrogen-bond donors (Lipinski definition) is 1. The largest absolute Gasteiger partial charge is 0.503 e. The molecule has 4 aliphatic rings. The molecular weight excluding hydrogens is 692 g/mol. The molecule has 2 heterocycles. The summed E-state index contributed by atoms with van der Waals surface area (Å²) in [6.07, 6.45) is 1.40. The molecule has 2 saturated heterocycles. The number of allylic oxidation sites excluding steroid dienone is 2. The molecule has 15 heteroatoms. The summed E-state index contributed by atoms with van der Waals surface area (Å²) >= 11 is 21.1. The number of methoxy groups -OCH3 is 1. The highest BCUT2D eigenvalue weighted by Gasteiger charge is 2.76. The summed E-state index contributed by atoms with van der Waals surface area (Å²) in [5.74, 6) is -8.26. The van der Waals surface area contributed by atoms with Gasteiger partial charge in [0.1, 0.15) is 5.82 Å². The standard InChI is InChI=1S/C33H23Cl3FN3O8/c1-48-24-12-15(11-23(34)27(24)41)26-20-9-10-21-25(29(43)38(28(21)42)18-3-2-4-19(13-18)40(46)47)22(20)14-32(35)30(44)39(31(45)33(26,32)36)17-7-5-16(37)6-8-17/h2-9,11-13,21-22,25-26,41H,10,14H2,1H3. The van der Waals surface area contributed by atoms with Gasteiger partial charge in [-0.25, -0.2) is 14.2 Å². The second kappa shape index (κ2) is 11.0. The van der Waals surface area contributed by atoms with Crippen LogP contribution < -0.4 is 14.5 Å². The third kappa shape index (κ3) is 4.25. The van der Waals surface area contributed by atoms with Gasteiger partial charge in [-0.15, -0.1) is 23.2 Å². The van der Waals surface area contributed by atoms with Crippen LogP contribution in [0.2, 0.25) is 5.02 Å². The highest BCUT2D eigenvalue weighted by molar-refractivity contribution is 6.58. The Hall–Kier alpha value is -4.52. The monoisotopic (exact) mass is 713 g/mol. The topological polar surface area (TPSA) is 147 Å². The van der Waals surface area contributed by atoms with Crippen LogP contribution in [0.3, 0.4) is 0 Å². The number of alkyl halides is 2. The Morgan fingerprint density at radius 2 is 1.67 bits per heavy atom. The van der Waals surface area contributed by atoms with Crippen LogP contribution in [0.25, 0.3) is 0 Å². The highest BCUT2D eigenvalue weighted by atomic mass is 35.5. The number of carbonyl (C=O) groups excluding carboxylic acids is 4. The minimum Gasteiger partial charge on any atom is -0.503 e. The van der Waals surface area contributed by atoms with Gasteiger partial charge in [0.15, 0.2) is 21.2 Å². The average molecular weight is 715 g/mol. The van der Waals surface area contributed by atoms with Crippen LogP contribution in [0.4, 0.5) is 21.5 Å². The molecule has 0 radical (unpaired) electrons. The van der Waals surface area contributed by atoms with Gasteiger partial charge in [0, 0.05) is 18.1 Å². The summed E-state index contributed by atoms with van der Waals surface area (Å²) in [7, 11) is 1.29. The molecule has 48 heavy (non-hydrogen) atoms. The van der Waals surface area contributed by atoms with Crippen molar-refractivity contribution < 1.29 is 38.3 Å². The van der Waals surface area contributed by atoms with Gasteiger partial charge in [0.2, 0.25) is 11.8 Å². The van der Waals surface area contributed by atoms with E-state index < -0.39 is 67.8 Å². The number of anilines is 2. The van der Waals surface area contributed by atoms with E-state index in [4.69, 9.17) is 39.5 Å². The summed E-state index contributed by atoms with van der Waals surface area (Å²) in [4.78, 5) is 64.9. The molecule has 2 aliphatic carbocycles. The lowest BCUT2D eigenvalue weighted by Crippen LogP contribution is -2.60. The number of imide groups is 2. The molecule has 4 amide bonds. The Balaban J connectivity index is 1.41. The van der Waals surface area contributed by atoms with E-state index in [-0.39, 0.29) is 52.0 Å². The third-order valence-corrected chi connectivity index (χ3v) is 11.5. The first-order valence-electron chi connectivity index (χ1n) is 14.7. The zero-order chi connectivity index (χ0) is 34.4. The number of nitrogens with zero attached hydrogens (tertiary/aromatic N) is 3. The molecule has 0 aromatic heterocycles. The lowest BCUT2D eigenvalue weighted by atomic mass is 9.56. The van der Waals surface area contributed by atoms with E-state index in [1.165, 1.54) is 49.6 Å². The van der Waals surface area contributed by atoms with Gasteiger partial charge in [0.25, 0.3) is 17.5 Å². The molecule has 6 atom stereocenters. The molecule has 0 bridgehead atoms. The predicted octanol–water partition coefficient (Wildman–Crippen LogP) is 5.87. The first kappa shape index (κ1) is 32.0. The number of carbonyl (C=O) groups is 4. The van der Waals surface area contributed by atoms with Crippen molar-refractivity contribution in [1.82, 2.24) is 0 Å². The van der Waals surface area contributed by atoms with Crippen LogP contribution in [0.15, 0.2) is 72.3 Å². The van der Waals surface area contributed by atoms with E-state index in [0.717, 1.165) is 28.0 Å². The fourth-order valence-corrected chi connectivity index (χ4v) is 8.84. The number of halogens is 4. The summed E-state index contributed by atoms with van der Waals surface area (Å²) in [6, 6.07) is 12.5. The summed E-state index contributed by atoms with van der Waals surface area (Å²) in [5, 5.41) is 21.8. The molecule has 0 spiro atoms. The summed E-state index contributed by atoms with van der Waals surface area (Å²) in [5.41, 5.74) is 0.383. The van der Waals surface area contributed by atoms with Gasteiger partial charge in [-0.05, 0) is 66.8 Å².